The number of nitrogens with one attached hydrogen (secondary N) is 3. The second-order valence-corrected chi connectivity index (χ2v) is 12.0. The second kappa shape index (κ2) is 13.4. The molecule has 2 atom stereocenters. The van der Waals surface area contributed by atoms with Crippen molar-refractivity contribution in [2.75, 3.05) is 7.05 Å². The number of carbonyl (C=O) groups is 3. The molecular formula is C39H37N3O5. The van der Waals surface area contributed by atoms with Gasteiger partial charge in [0.25, 0.3) is 5.79 Å². The summed E-state index contributed by atoms with van der Waals surface area (Å²) in [7, 11) is 1.68. The number of benzene rings is 4. The number of rotatable bonds is 7. The van der Waals surface area contributed by atoms with E-state index < -0.39 is 29.6 Å². The largest absolute Gasteiger partial charge is 0.422 e. The molecule has 0 saturated carbocycles. The fourth-order valence-electron chi connectivity index (χ4n) is 6.33. The summed E-state index contributed by atoms with van der Waals surface area (Å²) < 4.78 is 10.8. The minimum Gasteiger partial charge on any atom is -0.422 e. The monoisotopic (exact) mass is 627 g/mol. The average molecular weight is 628 g/mol. The lowest BCUT2D eigenvalue weighted by Crippen LogP contribution is -2.48. The average Bonchev–Trinajstić information content (AvgIpc) is 3.70. The van der Waals surface area contributed by atoms with Crippen molar-refractivity contribution in [1.29, 1.82) is 0 Å². The summed E-state index contributed by atoms with van der Waals surface area (Å²) in [5.41, 5.74) is 6.10. The van der Waals surface area contributed by atoms with E-state index in [9.17, 15) is 14.4 Å². The molecule has 6 aromatic rings. The molecule has 8 heteroatoms. The molecule has 2 aromatic heterocycles. The minimum absolute atomic E-state index is 0.0501. The van der Waals surface area contributed by atoms with Gasteiger partial charge in [0.15, 0.2) is 5.92 Å². The Bertz CT molecular complexity index is 1990. The molecule has 1 fully saturated rings. The van der Waals surface area contributed by atoms with Crippen LogP contribution in [0.2, 0.25) is 0 Å². The van der Waals surface area contributed by atoms with E-state index in [4.69, 9.17) is 9.47 Å². The molecule has 1 aliphatic heterocycles. The fourth-order valence-corrected chi connectivity index (χ4v) is 6.33. The van der Waals surface area contributed by atoms with Gasteiger partial charge < -0.3 is 24.8 Å². The van der Waals surface area contributed by atoms with Gasteiger partial charge in [0, 0.05) is 73.4 Å². The van der Waals surface area contributed by atoms with Gasteiger partial charge in [-0.05, 0) is 34.4 Å². The summed E-state index contributed by atoms with van der Waals surface area (Å²) in [6.45, 7) is 3.12. The molecule has 47 heavy (non-hydrogen) atoms. The Labute approximate surface area is 273 Å². The van der Waals surface area contributed by atoms with E-state index in [-0.39, 0.29) is 11.8 Å². The van der Waals surface area contributed by atoms with E-state index in [1.165, 1.54) is 10.9 Å². The van der Waals surface area contributed by atoms with Crippen molar-refractivity contribution in [3.63, 3.8) is 0 Å². The van der Waals surface area contributed by atoms with Crippen LogP contribution in [0, 0.1) is 5.92 Å². The highest BCUT2D eigenvalue weighted by Gasteiger charge is 2.48. The van der Waals surface area contributed by atoms with Gasteiger partial charge in [-0.25, -0.2) is 0 Å². The zero-order chi connectivity index (χ0) is 33.0. The first-order valence-corrected chi connectivity index (χ1v) is 15.6. The van der Waals surface area contributed by atoms with Gasteiger partial charge in [-0.3, -0.25) is 14.4 Å². The van der Waals surface area contributed by atoms with Crippen LogP contribution < -0.4 is 5.32 Å². The van der Waals surface area contributed by atoms with E-state index in [0.717, 1.165) is 33.1 Å². The lowest BCUT2D eigenvalue weighted by atomic mass is 9.80. The van der Waals surface area contributed by atoms with Crippen LogP contribution in [-0.4, -0.2) is 40.6 Å². The first-order valence-electron chi connectivity index (χ1n) is 15.6. The van der Waals surface area contributed by atoms with Gasteiger partial charge in [-0.2, -0.15) is 0 Å². The quantitative estimate of drug-likeness (QED) is 0.128. The number of hydrogen-bond donors (Lipinski definition) is 3. The predicted molar refractivity (Wildman–Crippen MR) is 182 cm³/mol. The normalized spacial score (nSPS) is 15.6. The Kier molecular flexibility index (Phi) is 8.93. The molecule has 8 nitrogen and oxygen atoms in total. The summed E-state index contributed by atoms with van der Waals surface area (Å²) in [5.74, 6) is -3.81. The number of carbonyl (C=O) groups excluding carboxylic acids is 3. The third-order valence-corrected chi connectivity index (χ3v) is 8.52. The van der Waals surface area contributed by atoms with Gasteiger partial charge in [0.05, 0.1) is 0 Å². The van der Waals surface area contributed by atoms with E-state index in [1.807, 2.05) is 97.3 Å². The Morgan fingerprint density at radius 1 is 0.702 bits per heavy atom. The van der Waals surface area contributed by atoms with Crippen LogP contribution in [0.1, 0.15) is 54.4 Å². The summed E-state index contributed by atoms with van der Waals surface area (Å²) in [4.78, 5) is 43.9. The van der Waals surface area contributed by atoms with E-state index in [1.54, 1.807) is 20.9 Å². The number of esters is 2. The van der Waals surface area contributed by atoms with Crippen molar-refractivity contribution in [2.45, 2.75) is 37.9 Å². The third-order valence-electron chi connectivity index (χ3n) is 8.52. The molecule has 7 rings (SSSR count). The van der Waals surface area contributed by atoms with Crippen molar-refractivity contribution in [3.8, 4) is 0 Å². The molecular weight excluding hydrogens is 590 g/mol. The predicted octanol–water partition coefficient (Wildman–Crippen LogP) is 7.19. The molecule has 0 bridgehead atoms. The molecule has 238 valence electrons. The second-order valence-electron chi connectivity index (χ2n) is 12.0. The van der Waals surface area contributed by atoms with E-state index in [0.29, 0.717) is 6.42 Å². The number of H-pyrrole nitrogens is 2. The topological polar surface area (TPSA) is 113 Å². The Morgan fingerprint density at radius 2 is 1.17 bits per heavy atom. The number of hydrogen-bond acceptors (Lipinski definition) is 5. The summed E-state index contributed by atoms with van der Waals surface area (Å²) in [5, 5.41) is 4.87. The molecule has 1 amide bonds. The Morgan fingerprint density at radius 3 is 1.72 bits per heavy atom. The van der Waals surface area contributed by atoms with Crippen molar-refractivity contribution in [3.05, 3.63) is 144 Å². The van der Waals surface area contributed by atoms with Crippen LogP contribution in [0.5, 0.6) is 0 Å². The van der Waals surface area contributed by atoms with E-state index >= 15 is 0 Å². The van der Waals surface area contributed by atoms with Crippen LogP contribution in [0.15, 0.2) is 122 Å². The van der Waals surface area contributed by atoms with Crippen molar-refractivity contribution in [2.24, 2.45) is 5.92 Å². The highest BCUT2D eigenvalue weighted by molar-refractivity contribution is 5.99. The number of amides is 1. The smallest absolute Gasteiger partial charge is 0.324 e. The summed E-state index contributed by atoms with van der Waals surface area (Å²) >= 11 is 0. The molecule has 1 aliphatic rings. The van der Waals surface area contributed by atoms with Crippen molar-refractivity contribution < 1.29 is 23.9 Å². The maximum absolute atomic E-state index is 12.7. The standard InChI is InChI=1S/C21H19NO4.C18H18N2O/c1-21(2)25-19(23)18(20(24)26-21)17(13-8-4-3-5-9-13)15-12-22-16-11-7-6-10-14(15)16;1-19-18(21)11-15(13-7-3-2-4-8-13)16-12-20-17-10-6-5-9-14(16)17/h3-12,17-18,22H,1-2H3;2-10,12,15,20H,11H2,1H3,(H,19,21). The maximum atomic E-state index is 12.7. The first kappa shape index (κ1) is 31.4. The molecule has 3 heterocycles. The fraction of sp³-hybridized carbons (Fsp3) is 0.205. The molecule has 3 N–H and O–H groups in total. The molecule has 4 aromatic carbocycles. The Hall–Kier alpha value is -5.63. The minimum atomic E-state index is -1.24. The molecule has 1 saturated heterocycles. The van der Waals surface area contributed by atoms with Crippen LogP contribution >= 0.6 is 0 Å². The highest BCUT2D eigenvalue weighted by atomic mass is 16.7. The van der Waals surface area contributed by atoms with Gasteiger partial charge in [-0.1, -0.05) is 97.1 Å². The number of para-hydroxylation sites is 2. The van der Waals surface area contributed by atoms with Crippen LogP contribution in [-0.2, 0) is 23.9 Å². The Balaban J connectivity index is 0.000000168. The summed E-state index contributed by atoms with van der Waals surface area (Å²) in [6.07, 6.45) is 4.32. The zero-order valence-electron chi connectivity index (χ0n) is 26.5. The van der Waals surface area contributed by atoms with Crippen LogP contribution in [0.25, 0.3) is 21.8 Å². The lowest BCUT2D eigenvalue weighted by molar-refractivity contribution is -0.240. The van der Waals surface area contributed by atoms with Crippen LogP contribution in [0.4, 0.5) is 0 Å². The lowest BCUT2D eigenvalue weighted by Gasteiger charge is -2.36. The number of cyclic esters (lactones) is 2. The maximum Gasteiger partial charge on any atom is 0.324 e. The van der Waals surface area contributed by atoms with Crippen molar-refractivity contribution in [1.82, 2.24) is 15.3 Å². The van der Waals surface area contributed by atoms with Crippen LogP contribution in [0.3, 0.4) is 0 Å². The highest BCUT2D eigenvalue weighted by Crippen LogP contribution is 2.40. The van der Waals surface area contributed by atoms with Gasteiger partial charge in [-0.15, -0.1) is 0 Å². The molecule has 0 spiro atoms. The number of aromatic nitrogens is 2. The first-order chi connectivity index (χ1) is 22.8. The molecule has 0 radical (unpaired) electrons. The number of fused-ring (bicyclic) bond motifs is 2. The molecule has 0 aliphatic carbocycles. The third kappa shape index (κ3) is 6.67. The number of ether oxygens (including phenoxy) is 2. The van der Waals surface area contributed by atoms with Gasteiger partial charge >= 0.3 is 11.9 Å². The SMILES string of the molecule is CC1(C)OC(=O)C(C(c2ccccc2)c2c[nH]c3ccccc23)C(=O)O1.CNC(=O)CC(c1ccccc1)c1c[nH]c2ccccc12. The van der Waals surface area contributed by atoms with Gasteiger partial charge in [0.2, 0.25) is 5.91 Å². The van der Waals surface area contributed by atoms with Crippen molar-refractivity contribution >= 4 is 39.7 Å². The summed E-state index contributed by atoms with van der Waals surface area (Å²) in [6, 6.07) is 35.7. The number of aromatic amines is 2. The zero-order valence-corrected chi connectivity index (χ0v) is 26.5. The molecule has 2 unspecified atom stereocenters. The van der Waals surface area contributed by atoms with Gasteiger partial charge in [0.1, 0.15) is 0 Å². The van der Waals surface area contributed by atoms with E-state index in [2.05, 4.69) is 39.6 Å².